The molecule has 2 heterocycles. The molecule has 0 radical (unpaired) electrons. The molecule has 9 heteroatoms. The first-order valence-corrected chi connectivity index (χ1v) is 5.87. The molecule has 2 rings (SSSR count). The second-order valence-corrected chi connectivity index (χ2v) is 4.43. The maximum Gasteiger partial charge on any atom is 0.326 e. The van der Waals surface area contributed by atoms with Crippen molar-refractivity contribution in [2.45, 2.75) is 18.6 Å². The van der Waals surface area contributed by atoms with Crippen LogP contribution in [0.15, 0.2) is 12.1 Å². The molecule has 0 bridgehead atoms. The van der Waals surface area contributed by atoms with Crippen molar-refractivity contribution in [1.82, 2.24) is 4.98 Å². The number of aromatic nitrogens is 1. The number of ether oxygens (including phenoxy) is 1. The molecule has 2 unspecified atom stereocenters. The molecular formula is C11H14N4O5. The van der Waals surface area contributed by atoms with Gasteiger partial charge in [-0.2, -0.15) is 0 Å². The second-order valence-electron chi connectivity index (χ2n) is 4.43. The minimum atomic E-state index is -0.997. The average molecular weight is 282 g/mol. The smallest absolute Gasteiger partial charge is 0.326 e. The summed E-state index contributed by atoms with van der Waals surface area (Å²) in [6.07, 6.45) is 0.0963. The monoisotopic (exact) mass is 282 g/mol. The molecule has 1 saturated heterocycles. The summed E-state index contributed by atoms with van der Waals surface area (Å²) in [6, 6.07) is 1.83. The van der Waals surface area contributed by atoms with Crippen LogP contribution in [-0.4, -0.2) is 46.8 Å². The Labute approximate surface area is 114 Å². The molecule has 0 amide bonds. The van der Waals surface area contributed by atoms with E-state index in [1.54, 1.807) is 0 Å². The lowest BCUT2D eigenvalue weighted by atomic mass is 10.2. The topological polar surface area (TPSA) is 132 Å². The van der Waals surface area contributed by atoms with E-state index in [0.29, 0.717) is 18.8 Å². The van der Waals surface area contributed by atoms with Gasteiger partial charge in [-0.3, -0.25) is 10.1 Å². The van der Waals surface area contributed by atoms with Crippen molar-refractivity contribution in [3.63, 3.8) is 0 Å². The van der Waals surface area contributed by atoms with Gasteiger partial charge in [-0.15, -0.1) is 0 Å². The van der Waals surface area contributed by atoms with Crippen LogP contribution in [0.5, 0.6) is 0 Å². The van der Waals surface area contributed by atoms with Crippen molar-refractivity contribution in [2.75, 3.05) is 24.3 Å². The number of carboxylic acid groups (broad SMARTS) is 1. The Hall–Kier alpha value is -2.42. The van der Waals surface area contributed by atoms with Gasteiger partial charge in [0, 0.05) is 26.1 Å². The summed E-state index contributed by atoms with van der Waals surface area (Å²) in [7, 11) is 1.50. The maximum atomic E-state index is 11.2. The Morgan fingerprint density at radius 2 is 2.35 bits per heavy atom. The molecular weight excluding hydrogens is 268 g/mol. The van der Waals surface area contributed by atoms with E-state index in [2.05, 4.69) is 4.98 Å². The predicted octanol–water partition coefficient (Wildman–Crippen LogP) is 0.250. The maximum absolute atomic E-state index is 11.2. The van der Waals surface area contributed by atoms with Crippen LogP contribution in [0.2, 0.25) is 0 Å². The van der Waals surface area contributed by atoms with Gasteiger partial charge in [0.1, 0.15) is 11.9 Å². The van der Waals surface area contributed by atoms with E-state index in [0.717, 1.165) is 0 Å². The number of methoxy groups -OCH3 is 1. The van der Waals surface area contributed by atoms with Crippen molar-refractivity contribution in [3.05, 3.63) is 22.2 Å². The number of carboxylic acids is 1. The van der Waals surface area contributed by atoms with Crippen LogP contribution in [0, 0.1) is 10.1 Å². The third-order valence-electron chi connectivity index (χ3n) is 3.26. The fourth-order valence-corrected chi connectivity index (χ4v) is 2.23. The molecule has 0 aromatic carbocycles. The van der Waals surface area contributed by atoms with Crippen LogP contribution in [0.3, 0.4) is 0 Å². The van der Waals surface area contributed by atoms with Gasteiger partial charge in [-0.25, -0.2) is 9.78 Å². The average Bonchev–Trinajstić information content (AvgIpc) is 2.82. The van der Waals surface area contributed by atoms with Gasteiger partial charge in [0.05, 0.1) is 11.0 Å². The largest absolute Gasteiger partial charge is 0.480 e. The first-order valence-electron chi connectivity index (χ1n) is 5.87. The quantitative estimate of drug-likeness (QED) is 0.593. The van der Waals surface area contributed by atoms with Gasteiger partial charge in [0.15, 0.2) is 0 Å². The van der Waals surface area contributed by atoms with Gasteiger partial charge in [-0.05, 0) is 6.07 Å². The fraction of sp³-hybridized carbons (Fsp3) is 0.455. The molecule has 1 aliphatic heterocycles. The molecule has 0 spiro atoms. The van der Waals surface area contributed by atoms with Crippen LogP contribution < -0.4 is 10.6 Å². The molecule has 3 N–H and O–H groups in total. The zero-order chi connectivity index (χ0) is 14.9. The number of nitrogens with two attached hydrogens (primary N) is 1. The summed E-state index contributed by atoms with van der Waals surface area (Å²) in [5.74, 6) is -0.944. The predicted molar refractivity (Wildman–Crippen MR) is 69.5 cm³/mol. The number of nitrogens with zero attached hydrogens (tertiary/aromatic N) is 3. The highest BCUT2D eigenvalue weighted by Gasteiger charge is 2.38. The van der Waals surface area contributed by atoms with Crippen molar-refractivity contribution < 1.29 is 19.6 Å². The standard InChI is InChI=1S/C11H14N4O5/c1-20-6-4-8(11(16)17)14(5-6)9-3-2-7(15(18)19)10(12)13-9/h2-3,6,8H,4-5H2,1H3,(H2,12,13)(H,16,17). The molecule has 1 fully saturated rings. The highest BCUT2D eigenvalue weighted by molar-refractivity contribution is 5.79. The van der Waals surface area contributed by atoms with Crippen molar-refractivity contribution >= 4 is 23.3 Å². The van der Waals surface area contributed by atoms with Gasteiger partial charge in [-0.1, -0.05) is 0 Å². The lowest BCUT2D eigenvalue weighted by Crippen LogP contribution is -2.36. The molecule has 2 atom stereocenters. The molecule has 1 aliphatic rings. The number of anilines is 2. The van der Waals surface area contributed by atoms with E-state index in [1.165, 1.54) is 24.1 Å². The van der Waals surface area contributed by atoms with E-state index in [4.69, 9.17) is 10.5 Å². The number of nitrogen functional groups attached to an aromatic ring is 1. The molecule has 1 aromatic heterocycles. The number of rotatable bonds is 4. The zero-order valence-electron chi connectivity index (χ0n) is 10.7. The highest BCUT2D eigenvalue weighted by atomic mass is 16.6. The molecule has 0 aliphatic carbocycles. The molecule has 108 valence electrons. The van der Waals surface area contributed by atoms with E-state index in [1.807, 2.05) is 0 Å². The third-order valence-corrected chi connectivity index (χ3v) is 3.26. The first-order chi connectivity index (χ1) is 9.43. The van der Waals surface area contributed by atoms with Crippen LogP contribution in [0.1, 0.15) is 6.42 Å². The summed E-state index contributed by atoms with van der Waals surface area (Å²) >= 11 is 0. The van der Waals surface area contributed by atoms with Crippen molar-refractivity contribution in [2.24, 2.45) is 0 Å². The summed E-state index contributed by atoms with van der Waals surface area (Å²) < 4.78 is 5.16. The van der Waals surface area contributed by atoms with Crippen molar-refractivity contribution in [1.29, 1.82) is 0 Å². The third kappa shape index (κ3) is 2.48. The van der Waals surface area contributed by atoms with Gasteiger partial charge in [0.25, 0.3) is 0 Å². The second kappa shape index (κ2) is 5.29. The Morgan fingerprint density at radius 1 is 1.65 bits per heavy atom. The lowest BCUT2D eigenvalue weighted by molar-refractivity contribution is -0.384. The molecule has 1 aromatic rings. The zero-order valence-corrected chi connectivity index (χ0v) is 10.7. The molecule has 20 heavy (non-hydrogen) atoms. The van der Waals surface area contributed by atoms with Crippen molar-refractivity contribution in [3.8, 4) is 0 Å². The summed E-state index contributed by atoms with van der Waals surface area (Å²) in [4.78, 5) is 26.7. The molecule has 9 nitrogen and oxygen atoms in total. The van der Waals surface area contributed by atoms with Crippen LogP contribution in [0.25, 0.3) is 0 Å². The summed E-state index contributed by atoms with van der Waals surface area (Å²) in [6.45, 7) is 0.345. The van der Waals surface area contributed by atoms with E-state index < -0.39 is 16.9 Å². The Kier molecular flexibility index (Phi) is 3.70. The first kappa shape index (κ1) is 14.0. The minimum Gasteiger partial charge on any atom is -0.480 e. The lowest BCUT2D eigenvalue weighted by Gasteiger charge is -2.22. The van der Waals surface area contributed by atoms with Gasteiger partial charge < -0.3 is 20.5 Å². The van der Waals surface area contributed by atoms with Crippen LogP contribution in [0.4, 0.5) is 17.3 Å². The normalized spacial score (nSPS) is 21.9. The molecule has 0 saturated carbocycles. The highest BCUT2D eigenvalue weighted by Crippen LogP contribution is 2.29. The fourth-order valence-electron chi connectivity index (χ4n) is 2.23. The number of aliphatic carboxylic acids is 1. The van der Waals surface area contributed by atoms with E-state index in [9.17, 15) is 20.0 Å². The van der Waals surface area contributed by atoms with E-state index in [-0.39, 0.29) is 17.6 Å². The number of hydrogen-bond acceptors (Lipinski definition) is 7. The van der Waals surface area contributed by atoms with Crippen LogP contribution >= 0.6 is 0 Å². The SMILES string of the molecule is COC1CC(C(=O)O)N(c2ccc([N+](=O)[O-])c(N)n2)C1. The van der Waals surface area contributed by atoms with Gasteiger partial charge >= 0.3 is 11.7 Å². The van der Waals surface area contributed by atoms with E-state index >= 15 is 0 Å². The summed E-state index contributed by atoms with van der Waals surface area (Å²) in [5, 5.41) is 19.9. The number of pyridine rings is 1. The summed E-state index contributed by atoms with van der Waals surface area (Å²) in [5.41, 5.74) is 5.22. The Balaban J connectivity index is 2.32. The van der Waals surface area contributed by atoms with Gasteiger partial charge in [0.2, 0.25) is 5.82 Å². The Bertz CT molecular complexity index is 550. The number of nitro groups is 1. The van der Waals surface area contributed by atoms with Crippen LogP contribution in [-0.2, 0) is 9.53 Å². The minimum absolute atomic E-state index is 0.227. The number of hydrogen-bond donors (Lipinski definition) is 2. The Morgan fingerprint density at radius 3 is 2.85 bits per heavy atom. The number of carbonyl (C=O) groups is 1.